The van der Waals surface area contributed by atoms with Gasteiger partial charge in [-0.25, -0.2) is 0 Å². The van der Waals surface area contributed by atoms with E-state index in [1.54, 1.807) is 0 Å². The predicted octanol–water partition coefficient (Wildman–Crippen LogP) is 4.24. The summed E-state index contributed by atoms with van der Waals surface area (Å²) in [6.45, 7) is 2.96. The van der Waals surface area contributed by atoms with Crippen molar-refractivity contribution in [3.8, 4) is 16.9 Å². The lowest BCUT2D eigenvalue weighted by molar-refractivity contribution is 0.308. The second kappa shape index (κ2) is 4.85. The number of fused-ring (bicyclic) bond motifs is 3. The van der Waals surface area contributed by atoms with Crippen molar-refractivity contribution in [2.24, 2.45) is 0 Å². The first-order valence-corrected chi connectivity index (χ1v) is 6.65. The number of ether oxygens (including phenoxy) is 1. The van der Waals surface area contributed by atoms with Crippen molar-refractivity contribution in [1.29, 1.82) is 0 Å². The van der Waals surface area contributed by atoms with E-state index in [1.165, 1.54) is 22.3 Å². The smallest absolute Gasteiger partial charge is 0.127 e. The van der Waals surface area contributed by atoms with Crippen molar-refractivity contribution in [3.63, 3.8) is 0 Å². The van der Waals surface area contributed by atoms with Gasteiger partial charge in [0, 0.05) is 6.07 Å². The van der Waals surface area contributed by atoms with Gasteiger partial charge in [-0.05, 0) is 41.2 Å². The molecule has 0 spiro atoms. The first-order valence-electron chi connectivity index (χ1n) is 6.65. The van der Waals surface area contributed by atoms with Crippen LogP contribution in [0.2, 0.25) is 0 Å². The van der Waals surface area contributed by atoms with Crippen molar-refractivity contribution < 1.29 is 4.74 Å². The second-order valence-electron chi connectivity index (χ2n) is 4.75. The Morgan fingerprint density at radius 1 is 1.11 bits per heavy atom. The molecule has 1 aliphatic carbocycles. The molecular weight excluding hydrogens is 220 g/mol. The molecule has 1 nitrogen and oxygen atoms in total. The SMILES string of the molecule is CCCCOc1[c]c2c(cc1)-c1ccccc1C2. The fraction of sp³-hybridized carbons (Fsp3) is 0.294. The maximum absolute atomic E-state index is 5.71. The fourth-order valence-corrected chi connectivity index (χ4v) is 2.45. The average molecular weight is 237 g/mol. The van der Waals surface area contributed by atoms with Crippen molar-refractivity contribution in [3.05, 3.63) is 53.6 Å². The lowest BCUT2D eigenvalue weighted by atomic mass is 10.1. The molecule has 0 unspecified atom stereocenters. The van der Waals surface area contributed by atoms with Crippen molar-refractivity contribution >= 4 is 0 Å². The molecule has 2 aromatic carbocycles. The van der Waals surface area contributed by atoms with E-state index in [0.29, 0.717) is 0 Å². The first-order chi connectivity index (χ1) is 8.88. The maximum atomic E-state index is 5.71. The van der Waals surface area contributed by atoms with Gasteiger partial charge in [-0.1, -0.05) is 43.7 Å². The van der Waals surface area contributed by atoms with Gasteiger partial charge in [0.15, 0.2) is 0 Å². The summed E-state index contributed by atoms with van der Waals surface area (Å²) in [6, 6.07) is 16.2. The average Bonchev–Trinajstić information content (AvgIpc) is 2.76. The zero-order valence-electron chi connectivity index (χ0n) is 10.7. The Balaban J connectivity index is 1.84. The van der Waals surface area contributed by atoms with E-state index < -0.39 is 0 Å². The highest BCUT2D eigenvalue weighted by atomic mass is 16.5. The van der Waals surface area contributed by atoms with Crippen LogP contribution in [0.15, 0.2) is 36.4 Å². The van der Waals surface area contributed by atoms with Gasteiger partial charge in [-0.3, -0.25) is 0 Å². The Bertz CT molecular complexity index is 557. The summed E-state index contributed by atoms with van der Waals surface area (Å²) in [5.41, 5.74) is 5.33. The maximum Gasteiger partial charge on any atom is 0.127 e. The molecule has 0 aliphatic heterocycles. The topological polar surface area (TPSA) is 9.23 Å². The third-order valence-corrected chi connectivity index (χ3v) is 3.43. The molecule has 0 amide bonds. The van der Waals surface area contributed by atoms with Gasteiger partial charge in [-0.15, -0.1) is 0 Å². The number of rotatable bonds is 4. The van der Waals surface area contributed by atoms with Gasteiger partial charge < -0.3 is 4.74 Å². The fourth-order valence-electron chi connectivity index (χ4n) is 2.45. The van der Waals surface area contributed by atoms with Crippen LogP contribution in [0, 0.1) is 6.07 Å². The van der Waals surface area contributed by atoms with E-state index >= 15 is 0 Å². The number of hydrogen-bond donors (Lipinski definition) is 0. The third kappa shape index (κ3) is 2.01. The van der Waals surface area contributed by atoms with Gasteiger partial charge in [0.1, 0.15) is 5.75 Å². The van der Waals surface area contributed by atoms with Gasteiger partial charge in [-0.2, -0.15) is 0 Å². The summed E-state index contributed by atoms with van der Waals surface area (Å²) in [5, 5.41) is 0. The van der Waals surface area contributed by atoms with Crippen molar-refractivity contribution in [1.82, 2.24) is 0 Å². The van der Waals surface area contributed by atoms with Crippen LogP contribution in [0.4, 0.5) is 0 Å². The summed E-state index contributed by atoms with van der Waals surface area (Å²) in [6.07, 6.45) is 3.25. The summed E-state index contributed by atoms with van der Waals surface area (Å²) >= 11 is 0. The number of unbranched alkanes of at least 4 members (excludes halogenated alkanes) is 1. The Morgan fingerprint density at radius 3 is 2.89 bits per heavy atom. The molecule has 1 radical (unpaired) electrons. The van der Waals surface area contributed by atoms with E-state index in [4.69, 9.17) is 4.74 Å². The quantitative estimate of drug-likeness (QED) is 0.617. The summed E-state index contributed by atoms with van der Waals surface area (Å²) in [7, 11) is 0. The largest absolute Gasteiger partial charge is 0.493 e. The summed E-state index contributed by atoms with van der Waals surface area (Å²) in [4.78, 5) is 0. The molecule has 0 bridgehead atoms. The third-order valence-electron chi connectivity index (χ3n) is 3.43. The zero-order valence-corrected chi connectivity index (χ0v) is 10.7. The highest BCUT2D eigenvalue weighted by molar-refractivity contribution is 5.77. The standard InChI is InChI=1S/C17H17O/c1-2-3-10-18-15-8-9-17-14(12-15)11-13-6-4-5-7-16(13)17/h4-9H,2-3,10-11H2,1H3. The Morgan fingerprint density at radius 2 is 2.00 bits per heavy atom. The minimum absolute atomic E-state index is 0.790. The van der Waals surface area contributed by atoms with E-state index in [9.17, 15) is 0 Å². The highest BCUT2D eigenvalue weighted by Gasteiger charge is 2.18. The van der Waals surface area contributed by atoms with E-state index in [0.717, 1.165) is 31.6 Å². The Kier molecular flexibility index (Phi) is 3.06. The molecule has 0 heterocycles. The summed E-state index contributed by atoms with van der Waals surface area (Å²) in [5.74, 6) is 0.884. The molecule has 0 fully saturated rings. The monoisotopic (exact) mass is 237 g/mol. The molecule has 3 rings (SSSR count). The van der Waals surface area contributed by atoms with Crippen LogP contribution in [-0.2, 0) is 6.42 Å². The molecule has 18 heavy (non-hydrogen) atoms. The zero-order chi connectivity index (χ0) is 12.4. The molecule has 0 N–H and O–H groups in total. The minimum Gasteiger partial charge on any atom is -0.493 e. The Labute approximate surface area is 108 Å². The van der Waals surface area contributed by atoms with Gasteiger partial charge in [0.05, 0.1) is 6.61 Å². The van der Waals surface area contributed by atoms with Crippen LogP contribution >= 0.6 is 0 Å². The van der Waals surface area contributed by atoms with Gasteiger partial charge in [0.25, 0.3) is 0 Å². The molecule has 0 aromatic heterocycles. The molecule has 0 atom stereocenters. The van der Waals surface area contributed by atoms with Crippen molar-refractivity contribution in [2.45, 2.75) is 26.2 Å². The number of benzene rings is 2. The van der Waals surface area contributed by atoms with Crippen LogP contribution in [0.5, 0.6) is 5.75 Å². The van der Waals surface area contributed by atoms with Crippen LogP contribution in [-0.4, -0.2) is 6.61 Å². The first kappa shape index (κ1) is 11.3. The van der Waals surface area contributed by atoms with Crippen LogP contribution in [0.1, 0.15) is 30.9 Å². The van der Waals surface area contributed by atoms with Gasteiger partial charge >= 0.3 is 0 Å². The molecule has 2 aromatic rings. The summed E-state index contributed by atoms with van der Waals surface area (Å²) < 4.78 is 5.71. The normalized spacial score (nSPS) is 12.1. The highest BCUT2D eigenvalue weighted by Crippen LogP contribution is 2.37. The molecule has 91 valence electrons. The second-order valence-corrected chi connectivity index (χ2v) is 4.75. The molecular formula is C17H17O. The van der Waals surface area contributed by atoms with Crippen LogP contribution < -0.4 is 4.74 Å². The lowest BCUT2D eigenvalue weighted by Gasteiger charge is -2.07. The lowest BCUT2D eigenvalue weighted by Crippen LogP contribution is -1.97. The van der Waals surface area contributed by atoms with Crippen LogP contribution in [0.3, 0.4) is 0 Å². The number of hydrogen-bond acceptors (Lipinski definition) is 1. The van der Waals surface area contributed by atoms with E-state index in [1.807, 2.05) is 6.07 Å². The van der Waals surface area contributed by atoms with Crippen LogP contribution in [0.25, 0.3) is 11.1 Å². The molecule has 1 aliphatic rings. The predicted molar refractivity (Wildman–Crippen MR) is 73.9 cm³/mol. The van der Waals surface area contributed by atoms with E-state index in [-0.39, 0.29) is 0 Å². The molecule has 0 saturated carbocycles. The van der Waals surface area contributed by atoms with Gasteiger partial charge in [0.2, 0.25) is 0 Å². The minimum atomic E-state index is 0.790. The molecule has 0 saturated heterocycles. The Hall–Kier alpha value is -1.76. The molecule has 1 heteroatoms. The van der Waals surface area contributed by atoms with Crippen molar-refractivity contribution in [2.75, 3.05) is 6.61 Å². The van der Waals surface area contributed by atoms with E-state index in [2.05, 4.69) is 43.3 Å².